The molecule has 1 saturated carbocycles. The lowest BCUT2D eigenvalue weighted by Gasteiger charge is -2.12. The van der Waals surface area contributed by atoms with Gasteiger partial charge in [-0.1, -0.05) is 40.5 Å². The number of benzene rings is 2. The number of hydrogen-bond donors (Lipinski definition) is 1. The summed E-state index contributed by atoms with van der Waals surface area (Å²) in [7, 11) is 0. The number of carbonyl (C=O) groups is 1. The number of aromatic nitrogens is 1. The highest BCUT2D eigenvalue weighted by Crippen LogP contribution is 2.49. The molecule has 1 aliphatic rings. The molecule has 26 heavy (non-hydrogen) atoms. The Balaban J connectivity index is 1.58. The topological polar surface area (TPSA) is 55.1 Å². The molecule has 0 spiro atoms. The van der Waals surface area contributed by atoms with Crippen molar-refractivity contribution in [3.05, 3.63) is 70.1 Å². The molecule has 4 rings (SSSR count). The fourth-order valence-electron chi connectivity index (χ4n) is 2.84. The zero-order chi connectivity index (χ0) is 18.3. The van der Waals surface area contributed by atoms with Crippen molar-refractivity contribution >= 4 is 34.8 Å². The first-order chi connectivity index (χ1) is 12.5. The highest BCUT2D eigenvalue weighted by Gasteiger charge is 2.54. The van der Waals surface area contributed by atoms with Crippen molar-refractivity contribution in [2.45, 2.75) is 18.3 Å². The number of nitrogens with zero attached hydrogens (tertiary/aromatic N) is 1. The summed E-state index contributed by atoms with van der Waals surface area (Å²) < 4.78 is 19.2. The Hall–Kier alpha value is -2.37. The van der Waals surface area contributed by atoms with Gasteiger partial charge in [0.1, 0.15) is 5.82 Å². The van der Waals surface area contributed by atoms with E-state index in [4.69, 9.17) is 27.7 Å². The summed E-state index contributed by atoms with van der Waals surface area (Å²) in [5.74, 6) is -0.309. The maximum absolute atomic E-state index is 13.9. The van der Waals surface area contributed by atoms with Gasteiger partial charge in [0.05, 0.1) is 26.7 Å². The third-order valence-corrected chi connectivity index (χ3v) is 5.24. The summed E-state index contributed by atoms with van der Waals surface area (Å²) in [6, 6.07) is 12.8. The average molecular weight is 391 g/mol. The molecule has 1 heterocycles. The molecule has 2 aromatic carbocycles. The van der Waals surface area contributed by atoms with E-state index in [0.717, 1.165) is 0 Å². The van der Waals surface area contributed by atoms with E-state index in [1.165, 1.54) is 6.07 Å². The van der Waals surface area contributed by atoms with Gasteiger partial charge in [0, 0.05) is 11.8 Å². The summed E-state index contributed by atoms with van der Waals surface area (Å²) in [5, 5.41) is 7.62. The third-order valence-electron chi connectivity index (χ3n) is 4.50. The molecule has 0 aliphatic heterocycles. The van der Waals surface area contributed by atoms with Gasteiger partial charge in [-0.15, -0.1) is 0 Å². The van der Waals surface area contributed by atoms with E-state index in [2.05, 4.69) is 10.5 Å². The van der Waals surface area contributed by atoms with Crippen LogP contribution >= 0.6 is 23.2 Å². The number of carbonyl (C=O) groups excluding carboxylic acids is 1. The first kappa shape index (κ1) is 17.1. The highest BCUT2D eigenvalue weighted by atomic mass is 35.5. The molecule has 1 aliphatic carbocycles. The van der Waals surface area contributed by atoms with E-state index in [1.807, 2.05) is 0 Å². The van der Waals surface area contributed by atoms with Crippen LogP contribution in [-0.4, -0.2) is 11.1 Å². The normalized spacial score (nSPS) is 14.9. The van der Waals surface area contributed by atoms with E-state index in [-0.39, 0.29) is 5.91 Å². The van der Waals surface area contributed by atoms with Gasteiger partial charge >= 0.3 is 0 Å². The van der Waals surface area contributed by atoms with Crippen molar-refractivity contribution in [2.75, 3.05) is 5.32 Å². The van der Waals surface area contributed by atoms with Crippen molar-refractivity contribution in [3.63, 3.8) is 0 Å². The quantitative estimate of drug-likeness (QED) is 0.643. The number of rotatable bonds is 4. The van der Waals surface area contributed by atoms with Gasteiger partial charge in [-0.25, -0.2) is 4.39 Å². The number of hydrogen-bond acceptors (Lipinski definition) is 3. The lowest BCUT2D eigenvalue weighted by molar-refractivity contribution is -0.118. The second-order valence-electron chi connectivity index (χ2n) is 6.22. The summed E-state index contributed by atoms with van der Waals surface area (Å²) >= 11 is 11.9. The Labute approximate surface area is 158 Å². The van der Waals surface area contributed by atoms with Crippen LogP contribution in [0.5, 0.6) is 0 Å². The molecule has 3 aromatic rings. The minimum atomic E-state index is -0.765. The molecule has 1 amide bonds. The molecular formula is C19H13Cl2FN2O2. The molecule has 132 valence electrons. The van der Waals surface area contributed by atoms with Crippen molar-refractivity contribution in [2.24, 2.45) is 0 Å². The predicted octanol–water partition coefficient (Wildman–Crippen LogP) is 5.46. The maximum atomic E-state index is 13.9. The zero-order valence-corrected chi connectivity index (χ0v) is 14.9. The highest BCUT2D eigenvalue weighted by molar-refractivity contribution is 6.42. The molecule has 1 fully saturated rings. The first-order valence-corrected chi connectivity index (χ1v) is 8.74. The van der Waals surface area contributed by atoms with Crippen molar-refractivity contribution in [1.82, 2.24) is 5.16 Å². The van der Waals surface area contributed by atoms with Crippen LogP contribution in [0.15, 0.2) is 53.1 Å². The number of anilines is 1. The second-order valence-corrected chi connectivity index (χ2v) is 7.04. The lowest BCUT2D eigenvalue weighted by atomic mass is 10.00. The fourth-order valence-corrected chi connectivity index (χ4v) is 3.14. The number of amides is 1. The smallest absolute Gasteiger partial charge is 0.236 e. The summed E-state index contributed by atoms with van der Waals surface area (Å²) in [6.45, 7) is 0. The zero-order valence-electron chi connectivity index (χ0n) is 13.4. The van der Waals surface area contributed by atoms with Crippen LogP contribution in [0.1, 0.15) is 18.5 Å². The molecule has 4 nitrogen and oxygen atoms in total. The molecule has 1 N–H and O–H groups in total. The third kappa shape index (κ3) is 2.97. The minimum Gasteiger partial charge on any atom is -0.356 e. The summed E-state index contributed by atoms with van der Waals surface area (Å²) in [6.07, 6.45) is 1.28. The van der Waals surface area contributed by atoms with Gasteiger partial charge in [-0.2, -0.15) is 0 Å². The maximum Gasteiger partial charge on any atom is 0.236 e. The standard InChI is InChI=1S/C19H13Cl2FN2O2/c20-13-6-5-11(9-14(13)21)23-18(25)19(7-8-19)17-10-16(26-24-17)12-3-1-2-4-15(12)22/h1-6,9-10H,7-8H2,(H,23,25). The Morgan fingerprint density at radius 2 is 1.88 bits per heavy atom. The lowest BCUT2D eigenvalue weighted by Crippen LogP contribution is -2.28. The second kappa shape index (κ2) is 6.41. The molecule has 0 saturated heterocycles. The molecule has 0 unspecified atom stereocenters. The molecular weight excluding hydrogens is 378 g/mol. The average Bonchev–Trinajstić information content (AvgIpc) is 3.30. The van der Waals surface area contributed by atoms with Gasteiger partial charge in [0.25, 0.3) is 0 Å². The molecule has 0 bridgehead atoms. The van der Waals surface area contributed by atoms with Crippen LogP contribution in [0.3, 0.4) is 0 Å². The molecule has 0 atom stereocenters. The van der Waals surface area contributed by atoms with E-state index in [1.54, 1.807) is 42.5 Å². The Bertz CT molecular complexity index is 999. The van der Waals surface area contributed by atoms with Gasteiger partial charge in [0.15, 0.2) is 5.76 Å². The van der Waals surface area contributed by atoms with Crippen molar-refractivity contribution < 1.29 is 13.7 Å². The van der Waals surface area contributed by atoms with Crippen molar-refractivity contribution in [1.29, 1.82) is 0 Å². The SMILES string of the molecule is O=C(Nc1ccc(Cl)c(Cl)c1)C1(c2cc(-c3ccccc3F)on2)CC1. The van der Waals surface area contributed by atoms with Crippen LogP contribution in [0.4, 0.5) is 10.1 Å². The van der Waals surface area contributed by atoms with E-state index < -0.39 is 11.2 Å². The first-order valence-electron chi connectivity index (χ1n) is 7.98. The van der Waals surface area contributed by atoms with Gasteiger partial charge in [0.2, 0.25) is 5.91 Å². The van der Waals surface area contributed by atoms with Crippen molar-refractivity contribution in [3.8, 4) is 11.3 Å². The van der Waals surface area contributed by atoms with Gasteiger partial charge < -0.3 is 9.84 Å². The predicted molar refractivity (Wildman–Crippen MR) is 97.9 cm³/mol. The van der Waals surface area contributed by atoms with E-state index in [0.29, 0.717) is 45.6 Å². The molecule has 0 radical (unpaired) electrons. The monoisotopic (exact) mass is 390 g/mol. The van der Waals surface area contributed by atoms with Crippen LogP contribution in [0, 0.1) is 5.82 Å². The van der Waals surface area contributed by atoms with Crippen LogP contribution < -0.4 is 5.32 Å². The van der Waals surface area contributed by atoms with Gasteiger partial charge in [-0.3, -0.25) is 4.79 Å². The van der Waals surface area contributed by atoms with Gasteiger partial charge in [-0.05, 0) is 43.2 Å². The van der Waals surface area contributed by atoms with Crippen LogP contribution in [-0.2, 0) is 10.2 Å². The summed E-state index contributed by atoms with van der Waals surface area (Å²) in [4.78, 5) is 12.8. The largest absolute Gasteiger partial charge is 0.356 e. The molecule has 7 heteroatoms. The Morgan fingerprint density at radius 1 is 1.12 bits per heavy atom. The molecule has 1 aromatic heterocycles. The minimum absolute atomic E-state index is 0.204. The Kier molecular flexibility index (Phi) is 4.21. The van der Waals surface area contributed by atoms with E-state index in [9.17, 15) is 9.18 Å². The fraction of sp³-hybridized carbons (Fsp3) is 0.158. The number of halogens is 3. The van der Waals surface area contributed by atoms with E-state index >= 15 is 0 Å². The van der Waals surface area contributed by atoms with Crippen LogP contribution in [0.25, 0.3) is 11.3 Å². The number of nitrogens with one attached hydrogen (secondary N) is 1. The summed E-state index contributed by atoms with van der Waals surface area (Å²) in [5.41, 5.74) is 0.591. The Morgan fingerprint density at radius 3 is 2.58 bits per heavy atom. The van der Waals surface area contributed by atoms with Crippen LogP contribution in [0.2, 0.25) is 10.0 Å².